The van der Waals surface area contributed by atoms with Crippen LogP contribution >= 0.6 is 0 Å². The lowest BCUT2D eigenvalue weighted by molar-refractivity contribution is 0.300. The zero-order valence-corrected chi connectivity index (χ0v) is 27.9. The summed E-state index contributed by atoms with van der Waals surface area (Å²) in [6.45, 7) is 2.40. The Morgan fingerprint density at radius 2 is 1.57 bits per heavy atom. The summed E-state index contributed by atoms with van der Waals surface area (Å²) in [6, 6.07) is 7.68. The van der Waals surface area contributed by atoms with Gasteiger partial charge in [0.15, 0.2) is 0 Å². The average molecular weight is 608 g/mol. The quantitative estimate of drug-likeness (QED) is 0.317. The zero-order valence-electron chi connectivity index (χ0n) is 27.9. The molecule has 238 valence electrons. The predicted octanol–water partition coefficient (Wildman–Crippen LogP) is 11.7. The molecule has 0 bridgehead atoms. The molecular weight excluding hydrogens is 555 g/mol. The van der Waals surface area contributed by atoms with Crippen LogP contribution in [0.15, 0.2) is 118 Å². The molecular formula is C45H53N. The summed E-state index contributed by atoms with van der Waals surface area (Å²) in [5, 5.41) is 3.67. The van der Waals surface area contributed by atoms with Gasteiger partial charge in [-0.1, -0.05) is 85.0 Å². The molecule has 1 saturated heterocycles. The van der Waals surface area contributed by atoms with Crippen LogP contribution in [-0.4, -0.2) is 13.1 Å². The van der Waals surface area contributed by atoms with Gasteiger partial charge in [-0.15, -0.1) is 0 Å². The molecule has 6 aliphatic carbocycles. The van der Waals surface area contributed by atoms with Gasteiger partial charge in [-0.3, -0.25) is 0 Å². The first-order chi connectivity index (χ1) is 22.8. The third-order valence-corrected chi connectivity index (χ3v) is 12.2. The van der Waals surface area contributed by atoms with E-state index in [0.717, 1.165) is 5.92 Å². The van der Waals surface area contributed by atoms with Crippen molar-refractivity contribution in [2.45, 2.75) is 108 Å². The number of rotatable bonds is 6. The molecule has 1 N–H and O–H groups in total. The molecule has 1 aromatic carbocycles. The lowest BCUT2D eigenvalue weighted by Crippen LogP contribution is -2.34. The van der Waals surface area contributed by atoms with Crippen molar-refractivity contribution < 1.29 is 0 Å². The second-order valence-corrected chi connectivity index (χ2v) is 15.1. The number of hydrogen-bond donors (Lipinski definition) is 1. The van der Waals surface area contributed by atoms with Crippen LogP contribution in [0.5, 0.6) is 0 Å². The molecule has 7 aliphatic rings. The Morgan fingerprint density at radius 3 is 2.39 bits per heavy atom. The fourth-order valence-corrected chi connectivity index (χ4v) is 9.64. The first-order valence-corrected chi connectivity index (χ1v) is 18.9. The number of fused-ring (bicyclic) bond motifs is 1. The van der Waals surface area contributed by atoms with Crippen molar-refractivity contribution in [2.24, 2.45) is 11.8 Å². The number of nitrogens with one attached hydrogen (secondary N) is 1. The average Bonchev–Trinajstić information content (AvgIpc) is 3.15. The topological polar surface area (TPSA) is 12.0 Å². The SMILES string of the molecule is C1=CCCC(c2cc(C3C=CCCC3)cc(C3CC=C(C4=C5C=CCCC5=C(C5=CC=CC(C6CCCNC6)C5)CC4)CC3)c2)=C1. The molecule has 0 amide bonds. The Hall–Kier alpha value is -3.16. The van der Waals surface area contributed by atoms with Crippen LogP contribution in [0.2, 0.25) is 0 Å². The first-order valence-electron chi connectivity index (χ1n) is 18.9. The van der Waals surface area contributed by atoms with Crippen LogP contribution < -0.4 is 5.32 Å². The minimum atomic E-state index is 0.581. The van der Waals surface area contributed by atoms with E-state index in [2.05, 4.69) is 90.4 Å². The molecule has 4 atom stereocenters. The molecule has 0 spiro atoms. The van der Waals surface area contributed by atoms with Crippen LogP contribution in [0.1, 0.15) is 125 Å². The Bertz CT molecular complexity index is 1600. The molecule has 0 aromatic heterocycles. The molecule has 4 unspecified atom stereocenters. The molecule has 1 fully saturated rings. The van der Waals surface area contributed by atoms with Gasteiger partial charge in [0.2, 0.25) is 0 Å². The van der Waals surface area contributed by atoms with Gasteiger partial charge in [-0.25, -0.2) is 0 Å². The Balaban J connectivity index is 1.05. The number of benzene rings is 1. The number of piperidine rings is 1. The van der Waals surface area contributed by atoms with Crippen molar-refractivity contribution in [3.05, 3.63) is 135 Å². The highest BCUT2D eigenvalue weighted by Gasteiger charge is 2.30. The standard InChI is InChI=1S/C45H53N/c1-3-11-32(12-4-1)39-28-40(33-13-5-2-6-14-33)30-41(29-39)34-20-22-35(23-21-34)42-24-25-43(45-19-8-7-18-44(42)45)37-16-9-15-36(27-37)38-17-10-26-46-31-38/h1,3,5,7,9,11,13,15-16,18,22,28-30,33-34,36,38,46H,2,4,6,8,10,12,14,17,19-21,23-27,31H2. The summed E-state index contributed by atoms with van der Waals surface area (Å²) in [5.41, 5.74) is 16.1. The molecule has 1 aromatic rings. The molecule has 1 heteroatoms. The van der Waals surface area contributed by atoms with E-state index in [4.69, 9.17) is 0 Å². The van der Waals surface area contributed by atoms with Gasteiger partial charge < -0.3 is 5.32 Å². The van der Waals surface area contributed by atoms with Crippen LogP contribution in [0.25, 0.3) is 5.57 Å². The van der Waals surface area contributed by atoms with E-state index >= 15 is 0 Å². The maximum absolute atomic E-state index is 3.67. The van der Waals surface area contributed by atoms with Crippen LogP contribution in [0.4, 0.5) is 0 Å². The van der Waals surface area contributed by atoms with Crippen LogP contribution in [-0.2, 0) is 0 Å². The lowest BCUT2D eigenvalue weighted by Gasteiger charge is -2.35. The third-order valence-electron chi connectivity index (χ3n) is 12.2. The van der Waals surface area contributed by atoms with Crippen molar-refractivity contribution in [3.63, 3.8) is 0 Å². The monoisotopic (exact) mass is 607 g/mol. The summed E-state index contributed by atoms with van der Waals surface area (Å²) in [7, 11) is 0. The van der Waals surface area contributed by atoms with Crippen molar-refractivity contribution in [1.29, 1.82) is 0 Å². The van der Waals surface area contributed by atoms with Crippen LogP contribution in [0.3, 0.4) is 0 Å². The maximum atomic E-state index is 3.67. The third kappa shape index (κ3) is 6.37. The van der Waals surface area contributed by atoms with E-state index in [-0.39, 0.29) is 0 Å². The van der Waals surface area contributed by atoms with Gasteiger partial charge in [0, 0.05) is 5.92 Å². The fourth-order valence-electron chi connectivity index (χ4n) is 9.64. The summed E-state index contributed by atoms with van der Waals surface area (Å²) in [5.74, 6) is 2.71. The van der Waals surface area contributed by atoms with E-state index in [1.807, 2.05) is 0 Å². The van der Waals surface area contributed by atoms with Crippen molar-refractivity contribution in [1.82, 2.24) is 5.32 Å². The summed E-state index contributed by atoms with van der Waals surface area (Å²) in [4.78, 5) is 0. The highest BCUT2D eigenvalue weighted by atomic mass is 14.9. The minimum absolute atomic E-state index is 0.581. The summed E-state index contributed by atoms with van der Waals surface area (Å²) in [6.07, 6.45) is 45.5. The number of allylic oxidation sites excluding steroid dienone is 18. The van der Waals surface area contributed by atoms with Gasteiger partial charge in [0.25, 0.3) is 0 Å². The second kappa shape index (κ2) is 13.9. The van der Waals surface area contributed by atoms with E-state index < -0.39 is 0 Å². The smallest absolute Gasteiger partial charge is 0.00183 e. The van der Waals surface area contributed by atoms with Crippen molar-refractivity contribution in [2.75, 3.05) is 13.1 Å². The highest BCUT2D eigenvalue weighted by Crippen LogP contribution is 2.47. The Labute approximate surface area is 278 Å². The lowest BCUT2D eigenvalue weighted by atomic mass is 9.71. The first kappa shape index (κ1) is 30.2. The molecule has 1 nitrogen and oxygen atoms in total. The van der Waals surface area contributed by atoms with Crippen molar-refractivity contribution in [3.8, 4) is 0 Å². The molecule has 1 heterocycles. The highest BCUT2D eigenvalue weighted by molar-refractivity contribution is 5.70. The molecule has 1 aliphatic heterocycles. The van der Waals surface area contributed by atoms with Gasteiger partial charge >= 0.3 is 0 Å². The summed E-state index contributed by atoms with van der Waals surface area (Å²) >= 11 is 0. The zero-order chi connectivity index (χ0) is 30.7. The van der Waals surface area contributed by atoms with Crippen molar-refractivity contribution >= 4 is 5.57 Å². The number of hydrogen-bond acceptors (Lipinski definition) is 1. The largest absolute Gasteiger partial charge is 0.316 e. The van der Waals surface area contributed by atoms with Gasteiger partial charge in [0.1, 0.15) is 0 Å². The van der Waals surface area contributed by atoms with E-state index in [9.17, 15) is 0 Å². The normalized spacial score (nSPS) is 29.8. The van der Waals surface area contributed by atoms with Crippen LogP contribution in [0, 0.1) is 11.8 Å². The van der Waals surface area contributed by atoms with Gasteiger partial charge in [-0.2, -0.15) is 0 Å². The predicted molar refractivity (Wildman–Crippen MR) is 196 cm³/mol. The molecule has 0 saturated carbocycles. The van der Waals surface area contributed by atoms with Gasteiger partial charge in [0.05, 0.1) is 0 Å². The van der Waals surface area contributed by atoms with E-state index in [0.29, 0.717) is 17.8 Å². The second-order valence-electron chi connectivity index (χ2n) is 15.1. The molecule has 46 heavy (non-hydrogen) atoms. The molecule has 0 radical (unpaired) electrons. The Kier molecular flexibility index (Phi) is 9.13. The Morgan fingerprint density at radius 1 is 0.652 bits per heavy atom. The van der Waals surface area contributed by atoms with E-state index in [1.54, 1.807) is 44.6 Å². The minimum Gasteiger partial charge on any atom is -0.316 e. The molecule has 8 rings (SSSR count). The fraction of sp³-hybridized carbons (Fsp3) is 0.467. The van der Waals surface area contributed by atoms with Gasteiger partial charge in [-0.05, 0) is 183 Å². The maximum Gasteiger partial charge on any atom is 0.00183 e. The summed E-state index contributed by atoms with van der Waals surface area (Å²) < 4.78 is 0. The van der Waals surface area contributed by atoms with E-state index in [1.165, 1.54) is 121 Å².